The van der Waals surface area contributed by atoms with Gasteiger partial charge in [-0.1, -0.05) is 44.7 Å². The van der Waals surface area contributed by atoms with Crippen LogP contribution in [0.2, 0.25) is 0 Å². The zero-order chi connectivity index (χ0) is 11.5. The third-order valence-electron chi connectivity index (χ3n) is 1.96. The molecule has 17 heavy (non-hydrogen) atoms. The van der Waals surface area contributed by atoms with Crippen molar-refractivity contribution >= 4 is 21.6 Å². The Labute approximate surface area is 120 Å². The van der Waals surface area contributed by atoms with Crippen LogP contribution in [0.25, 0.3) is 11.3 Å². The second kappa shape index (κ2) is 6.00. The van der Waals surface area contributed by atoms with Crippen molar-refractivity contribution in [1.82, 2.24) is 4.98 Å². The van der Waals surface area contributed by atoms with Crippen LogP contribution in [0.1, 0.15) is 0 Å². The summed E-state index contributed by atoms with van der Waals surface area (Å²) in [6.45, 7) is 0. The summed E-state index contributed by atoms with van der Waals surface area (Å²) in [7, 11) is 0. The molecule has 0 amide bonds. The van der Waals surface area contributed by atoms with Crippen molar-refractivity contribution in [2.75, 3.05) is 0 Å². The average molecular weight is 470 g/mol. The standard InChI is InChI=1S/C11H6BrN2O2.Ir/c12-9-5-8(6-10(7-9)14(15)16)11-3-1-2-4-13-11;/h1-5,7H;/q-1;. The van der Waals surface area contributed by atoms with Crippen LogP contribution in [0.4, 0.5) is 5.69 Å². The van der Waals surface area contributed by atoms with E-state index in [1.165, 1.54) is 6.07 Å². The molecule has 0 fully saturated rings. The molecule has 0 saturated heterocycles. The van der Waals surface area contributed by atoms with E-state index in [1.807, 2.05) is 6.07 Å². The minimum absolute atomic E-state index is 0. The zero-order valence-electron chi connectivity index (χ0n) is 8.39. The Balaban J connectivity index is 0.00000144. The van der Waals surface area contributed by atoms with Crippen LogP contribution in [0.5, 0.6) is 0 Å². The number of halogens is 1. The van der Waals surface area contributed by atoms with Gasteiger partial charge < -0.3 is 4.98 Å². The fraction of sp³-hybridized carbons (Fsp3) is 0. The molecule has 6 heteroatoms. The van der Waals surface area contributed by atoms with Crippen molar-refractivity contribution in [1.29, 1.82) is 0 Å². The molecular weight excluding hydrogens is 464 g/mol. The Morgan fingerprint density at radius 1 is 1.35 bits per heavy atom. The Hall–Kier alpha value is -1.10. The summed E-state index contributed by atoms with van der Waals surface area (Å²) < 4.78 is 0.638. The maximum atomic E-state index is 10.7. The van der Waals surface area contributed by atoms with E-state index in [0.717, 1.165) is 0 Å². The molecule has 0 aliphatic carbocycles. The van der Waals surface area contributed by atoms with Crippen molar-refractivity contribution in [2.45, 2.75) is 0 Å². The van der Waals surface area contributed by atoms with Gasteiger partial charge in [-0.05, 0) is 11.8 Å². The molecule has 0 aliphatic heterocycles. The van der Waals surface area contributed by atoms with Gasteiger partial charge in [0, 0.05) is 31.2 Å². The van der Waals surface area contributed by atoms with Gasteiger partial charge in [0.25, 0.3) is 0 Å². The van der Waals surface area contributed by atoms with E-state index in [4.69, 9.17) is 0 Å². The van der Waals surface area contributed by atoms with Gasteiger partial charge in [-0.3, -0.25) is 10.1 Å². The number of nitro groups is 1. The summed E-state index contributed by atoms with van der Waals surface area (Å²) in [5.74, 6) is 0. The number of nitro benzene ring substituents is 1. The Kier molecular flexibility index (Phi) is 4.93. The van der Waals surface area contributed by atoms with Crippen LogP contribution >= 0.6 is 15.9 Å². The van der Waals surface area contributed by atoms with E-state index in [2.05, 4.69) is 27.0 Å². The molecule has 1 aromatic heterocycles. The van der Waals surface area contributed by atoms with Crippen LogP contribution in [0.3, 0.4) is 0 Å². The normalized spacial score (nSPS) is 9.47. The molecule has 0 atom stereocenters. The van der Waals surface area contributed by atoms with E-state index >= 15 is 0 Å². The van der Waals surface area contributed by atoms with Crippen LogP contribution in [0, 0.1) is 16.2 Å². The van der Waals surface area contributed by atoms with Gasteiger partial charge in [-0.15, -0.1) is 11.6 Å². The zero-order valence-corrected chi connectivity index (χ0v) is 12.4. The van der Waals surface area contributed by atoms with Gasteiger partial charge in [-0.2, -0.15) is 0 Å². The Bertz CT molecular complexity index is 534. The average Bonchev–Trinajstić information content (AvgIpc) is 2.29. The first kappa shape index (κ1) is 14.0. The predicted molar refractivity (Wildman–Crippen MR) is 62.9 cm³/mol. The van der Waals surface area contributed by atoms with Gasteiger partial charge in [0.05, 0.1) is 0 Å². The molecule has 0 N–H and O–H groups in total. The van der Waals surface area contributed by atoms with E-state index in [9.17, 15) is 10.1 Å². The minimum atomic E-state index is -0.475. The molecule has 2 aromatic rings. The van der Waals surface area contributed by atoms with Gasteiger partial charge >= 0.3 is 0 Å². The second-order valence-electron chi connectivity index (χ2n) is 3.07. The molecule has 0 spiro atoms. The van der Waals surface area contributed by atoms with Gasteiger partial charge in [0.1, 0.15) is 0 Å². The molecule has 1 heterocycles. The van der Waals surface area contributed by atoms with Gasteiger partial charge in [0.15, 0.2) is 5.69 Å². The third kappa shape index (κ3) is 3.43. The monoisotopic (exact) mass is 470 g/mol. The predicted octanol–water partition coefficient (Wildman–Crippen LogP) is 3.22. The van der Waals surface area contributed by atoms with E-state index in [-0.39, 0.29) is 25.8 Å². The second-order valence-corrected chi connectivity index (χ2v) is 3.99. The molecule has 1 radical (unpaired) electrons. The molecule has 4 nitrogen and oxygen atoms in total. The van der Waals surface area contributed by atoms with Gasteiger partial charge in [0.2, 0.25) is 0 Å². The fourth-order valence-corrected chi connectivity index (χ4v) is 1.72. The summed E-state index contributed by atoms with van der Waals surface area (Å²) in [6, 6.07) is 11.3. The molecular formula is C11H6BrIrN2O2-. The van der Waals surface area contributed by atoms with Crippen molar-refractivity contribution in [3.63, 3.8) is 0 Å². The number of hydrogen-bond donors (Lipinski definition) is 0. The molecule has 0 aliphatic rings. The molecule has 89 valence electrons. The quantitative estimate of drug-likeness (QED) is 0.385. The summed E-state index contributed by atoms with van der Waals surface area (Å²) in [6.07, 6.45) is 1.63. The minimum Gasteiger partial charge on any atom is -0.305 e. The van der Waals surface area contributed by atoms with Crippen molar-refractivity contribution in [2.24, 2.45) is 0 Å². The van der Waals surface area contributed by atoms with Crippen molar-refractivity contribution in [3.05, 3.63) is 57.2 Å². The molecule has 2 rings (SSSR count). The number of aromatic nitrogens is 1. The van der Waals surface area contributed by atoms with Crippen molar-refractivity contribution in [3.8, 4) is 11.3 Å². The SMILES string of the molecule is O=[N+]([O-])c1[c-]c(-c2ccccn2)cc(Br)c1.[Ir]. The first-order valence-corrected chi connectivity index (χ1v) is 5.25. The summed E-state index contributed by atoms with van der Waals surface area (Å²) in [4.78, 5) is 14.3. The Morgan fingerprint density at radius 2 is 2.12 bits per heavy atom. The van der Waals surface area contributed by atoms with E-state index in [0.29, 0.717) is 15.7 Å². The number of nitrogens with zero attached hydrogens (tertiary/aromatic N) is 2. The topological polar surface area (TPSA) is 56.0 Å². The van der Waals surface area contributed by atoms with Crippen molar-refractivity contribution < 1.29 is 25.0 Å². The maximum absolute atomic E-state index is 10.7. The van der Waals surface area contributed by atoms with Crippen LogP contribution < -0.4 is 0 Å². The number of non-ortho nitro benzene ring substituents is 1. The third-order valence-corrected chi connectivity index (χ3v) is 2.41. The number of rotatable bonds is 2. The number of hydrogen-bond acceptors (Lipinski definition) is 3. The number of pyridine rings is 1. The summed E-state index contributed by atoms with van der Waals surface area (Å²) >= 11 is 3.23. The molecule has 0 unspecified atom stereocenters. The first-order chi connectivity index (χ1) is 7.66. The number of benzene rings is 1. The fourth-order valence-electron chi connectivity index (χ4n) is 1.28. The largest absolute Gasteiger partial charge is 0.305 e. The van der Waals surface area contributed by atoms with E-state index < -0.39 is 4.92 Å². The Morgan fingerprint density at radius 3 is 2.71 bits per heavy atom. The van der Waals surface area contributed by atoms with Crippen LogP contribution in [-0.4, -0.2) is 9.91 Å². The van der Waals surface area contributed by atoms with Crippen LogP contribution in [-0.2, 0) is 20.1 Å². The van der Waals surface area contributed by atoms with E-state index in [1.54, 1.807) is 24.4 Å². The van der Waals surface area contributed by atoms with Crippen LogP contribution in [0.15, 0.2) is 41.0 Å². The smallest absolute Gasteiger partial charge is 0.192 e. The maximum Gasteiger partial charge on any atom is 0.192 e. The molecule has 0 bridgehead atoms. The first-order valence-electron chi connectivity index (χ1n) is 4.45. The molecule has 1 aromatic carbocycles. The van der Waals surface area contributed by atoms with Gasteiger partial charge in [-0.25, -0.2) is 0 Å². The molecule has 0 saturated carbocycles. The summed E-state index contributed by atoms with van der Waals surface area (Å²) in [5, 5.41) is 10.7. The summed E-state index contributed by atoms with van der Waals surface area (Å²) in [5.41, 5.74) is 1.18.